The number of carbonyl (C=O) groups excluding carboxylic acids is 1. The van der Waals surface area contributed by atoms with Crippen LogP contribution in [0.1, 0.15) is 24.4 Å². The topological polar surface area (TPSA) is 129 Å². The van der Waals surface area contributed by atoms with Crippen molar-refractivity contribution in [3.8, 4) is 0 Å². The van der Waals surface area contributed by atoms with Gasteiger partial charge < -0.3 is 20.8 Å². The molecule has 8 nitrogen and oxygen atoms in total. The van der Waals surface area contributed by atoms with Crippen LogP contribution in [0.15, 0.2) is 11.6 Å². The summed E-state index contributed by atoms with van der Waals surface area (Å²) in [5, 5.41) is 24.3. The van der Waals surface area contributed by atoms with Crippen molar-refractivity contribution in [2.75, 3.05) is 0 Å². The minimum absolute atomic E-state index is 0.390. The van der Waals surface area contributed by atoms with E-state index in [2.05, 4.69) is 15.6 Å². The largest absolute Gasteiger partial charge is 0.481 e. The third-order valence-electron chi connectivity index (χ3n) is 2.15. The smallest absolute Gasteiger partial charge is 0.326 e. The summed E-state index contributed by atoms with van der Waals surface area (Å²) in [6.07, 6.45) is 0.898. The highest BCUT2D eigenvalue weighted by molar-refractivity contribution is 7.09. The van der Waals surface area contributed by atoms with Crippen LogP contribution < -0.4 is 10.6 Å². The molecule has 1 rings (SSSR count). The quantitative estimate of drug-likeness (QED) is 0.600. The molecule has 1 aromatic rings. The summed E-state index contributed by atoms with van der Waals surface area (Å²) >= 11 is 1.34. The van der Waals surface area contributed by atoms with E-state index in [1.54, 1.807) is 18.5 Å². The van der Waals surface area contributed by atoms with Crippen molar-refractivity contribution in [3.05, 3.63) is 16.6 Å². The predicted octanol–water partition coefficient (Wildman–Crippen LogP) is 0.431. The number of amides is 2. The van der Waals surface area contributed by atoms with E-state index in [0.717, 1.165) is 0 Å². The second-order valence-corrected chi connectivity index (χ2v) is 4.62. The Kier molecular flexibility index (Phi) is 5.24. The van der Waals surface area contributed by atoms with Gasteiger partial charge in [-0.15, -0.1) is 11.3 Å². The molecule has 1 unspecified atom stereocenters. The Labute approximate surface area is 112 Å². The summed E-state index contributed by atoms with van der Waals surface area (Å²) in [5.41, 5.74) is 0. The minimum atomic E-state index is -1.47. The highest BCUT2D eigenvalue weighted by Gasteiger charge is 2.23. The van der Waals surface area contributed by atoms with E-state index in [0.29, 0.717) is 5.01 Å². The van der Waals surface area contributed by atoms with Crippen LogP contribution in [0, 0.1) is 0 Å². The molecule has 0 radical (unpaired) electrons. The molecule has 0 saturated heterocycles. The Balaban J connectivity index is 2.53. The summed E-state index contributed by atoms with van der Waals surface area (Å²) < 4.78 is 0. The van der Waals surface area contributed by atoms with Gasteiger partial charge in [0.1, 0.15) is 11.0 Å². The molecule has 2 amide bonds. The number of urea groups is 1. The Hall–Kier alpha value is -2.16. The van der Waals surface area contributed by atoms with Crippen LogP contribution in [-0.2, 0) is 9.59 Å². The van der Waals surface area contributed by atoms with Gasteiger partial charge in [0.15, 0.2) is 0 Å². The summed E-state index contributed by atoms with van der Waals surface area (Å²) in [6, 6.07) is -2.61. The SMILES string of the molecule is CC(NC(=O)N[C@@H](CC(=O)O)C(=O)O)c1nccs1. The van der Waals surface area contributed by atoms with Gasteiger partial charge in [-0.3, -0.25) is 4.79 Å². The number of thiazole rings is 1. The number of carboxylic acids is 2. The van der Waals surface area contributed by atoms with Gasteiger partial charge >= 0.3 is 18.0 Å². The zero-order valence-corrected chi connectivity index (χ0v) is 10.8. The number of carboxylic acid groups (broad SMARTS) is 2. The van der Waals surface area contributed by atoms with E-state index < -0.39 is 30.4 Å². The van der Waals surface area contributed by atoms with Gasteiger partial charge in [-0.25, -0.2) is 14.6 Å². The van der Waals surface area contributed by atoms with Gasteiger partial charge in [0.2, 0.25) is 0 Å². The van der Waals surface area contributed by atoms with E-state index in [4.69, 9.17) is 10.2 Å². The first kappa shape index (κ1) is 14.9. The predicted molar refractivity (Wildman–Crippen MR) is 65.9 cm³/mol. The third-order valence-corrected chi connectivity index (χ3v) is 3.11. The first-order valence-corrected chi connectivity index (χ1v) is 6.19. The van der Waals surface area contributed by atoms with Crippen molar-refractivity contribution in [2.24, 2.45) is 0 Å². The molecule has 0 spiro atoms. The van der Waals surface area contributed by atoms with Crippen LogP contribution in [0.25, 0.3) is 0 Å². The number of nitrogens with zero attached hydrogens (tertiary/aromatic N) is 1. The second kappa shape index (κ2) is 6.69. The lowest BCUT2D eigenvalue weighted by atomic mass is 10.2. The Bertz CT molecular complexity index is 462. The Morgan fingerprint density at radius 3 is 2.53 bits per heavy atom. The lowest BCUT2D eigenvalue weighted by Gasteiger charge is -2.16. The van der Waals surface area contributed by atoms with E-state index >= 15 is 0 Å². The standard InChI is InChI=1S/C10H13N3O5S/c1-5(8-11-2-3-19-8)12-10(18)13-6(9(16)17)4-7(14)15/h2-3,5-6H,4H2,1H3,(H,14,15)(H,16,17)(H2,12,13,18)/t5?,6-/m0/s1. The molecule has 0 aliphatic heterocycles. The van der Waals surface area contributed by atoms with Crippen molar-refractivity contribution in [1.82, 2.24) is 15.6 Å². The fourth-order valence-electron chi connectivity index (χ4n) is 1.28. The maximum atomic E-state index is 11.5. The van der Waals surface area contributed by atoms with Gasteiger partial charge in [0.25, 0.3) is 0 Å². The average molecular weight is 287 g/mol. The van der Waals surface area contributed by atoms with Gasteiger partial charge in [0.05, 0.1) is 12.5 Å². The monoisotopic (exact) mass is 287 g/mol. The van der Waals surface area contributed by atoms with Crippen molar-refractivity contribution in [3.63, 3.8) is 0 Å². The van der Waals surface area contributed by atoms with Crippen molar-refractivity contribution in [2.45, 2.75) is 25.4 Å². The van der Waals surface area contributed by atoms with Gasteiger partial charge in [-0.1, -0.05) is 0 Å². The van der Waals surface area contributed by atoms with Crippen LogP contribution in [0.5, 0.6) is 0 Å². The number of hydrogen-bond donors (Lipinski definition) is 4. The third kappa shape index (κ3) is 4.92. The first-order valence-electron chi connectivity index (χ1n) is 5.31. The average Bonchev–Trinajstić information content (AvgIpc) is 2.80. The van der Waals surface area contributed by atoms with E-state index in [9.17, 15) is 14.4 Å². The number of aromatic nitrogens is 1. The fourth-order valence-corrected chi connectivity index (χ4v) is 1.93. The molecule has 1 aromatic heterocycles. The second-order valence-electron chi connectivity index (χ2n) is 3.70. The molecule has 1 heterocycles. The molecular weight excluding hydrogens is 274 g/mol. The molecule has 104 valence electrons. The molecule has 0 saturated carbocycles. The van der Waals surface area contributed by atoms with Gasteiger partial charge in [-0.05, 0) is 6.92 Å². The molecule has 0 bridgehead atoms. The molecule has 4 N–H and O–H groups in total. The van der Waals surface area contributed by atoms with E-state index in [1.165, 1.54) is 11.3 Å². The first-order chi connectivity index (χ1) is 8.90. The molecule has 0 fully saturated rings. The van der Waals surface area contributed by atoms with Crippen LogP contribution >= 0.6 is 11.3 Å². The molecule has 19 heavy (non-hydrogen) atoms. The fraction of sp³-hybridized carbons (Fsp3) is 0.400. The van der Waals surface area contributed by atoms with Crippen LogP contribution in [0.2, 0.25) is 0 Å². The number of rotatable bonds is 6. The molecule has 0 aromatic carbocycles. The summed E-state index contributed by atoms with van der Waals surface area (Å²) in [4.78, 5) is 36.8. The zero-order valence-electron chi connectivity index (χ0n) is 9.99. The zero-order chi connectivity index (χ0) is 14.4. The van der Waals surface area contributed by atoms with Gasteiger partial charge in [0, 0.05) is 11.6 Å². The van der Waals surface area contributed by atoms with Crippen molar-refractivity contribution in [1.29, 1.82) is 0 Å². The number of nitrogens with one attached hydrogen (secondary N) is 2. The minimum Gasteiger partial charge on any atom is -0.481 e. The van der Waals surface area contributed by atoms with Gasteiger partial charge in [-0.2, -0.15) is 0 Å². The van der Waals surface area contributed by atoms with Crippen molar-refractivity contribution >= 4 is 29.3 Å². The molecular formula is C10H13N3O5S. The number of hydrogen-bond acceptors (Lipinski definition) is 5. The van der Waals surface area contributed by atoms with Crippen molar-refractivity contribution < 1.29 is 24.6 Å². The summed E-state index contributed by atoms with van der Waals surface area (Å²) in [5.74, 6) is -2.71. The van der Waals surface area contributed by atoms with Crippen LogP contribution in [0.3, 0.4) is 0 Å². The highest BCUT2D eigenvalue weighted by Crippen LogP contribution is 2.14. The molecule has 9 heteroatoms. The Morgan fingerprint density at radius 2 is 2.05 bits per heavy atom. The maximum absolute atomic E-state index is 11.5. The maximum Gasteiger partial charge on any atom is 0.326 e. The summed E-state index contributed by atoms with van der Waals surface area (Å²) in [7, 11) is 0. The normalized spacial score (nSPS) is 13.3. The number of aliphatic carboxylic acids is 2. The van der Waals surface area contributed by atoms with Crippen LogP contribution in [-0.4, -0.2) is 39.2 Å². The Morgan fingerprint density at radius 1 is 1.37 bits per heavy atom. The van der Waals surface area contributed by atoms with Crippen LogP contribution in [0.4, 0.5) is 4.79 Å². The number of carbonyl (C=O) groups is 3. The molecule has 0 aliphatic rings. The van der Waals surface area contributed by atoms with E-state index in [-0.39, 0.29) is 6.04 Å². The lowest BCUT2D eigenvalue weighted by molar-refractivity contribution is -0.145. The summed E-state index contributed by atoms with van der Waals surface area (Å²) in [6.45, 7) is 1.69. The molecule has 0 aliphatic carbocycles. The van der Waals surface area contributed by atoms with E-state index in [1.807, 2.05) is 0 Å². The highest BCUT2D eigenvalue weighted by atomic mass is 32.1. The molecule has 2 atom stereocenters. The lowest BCUT2D eigenvalue weighted by Crippen LogP contribution is -2.47.